The Hall–Kier alpha value is -3.76. The topological polar surface area (TPSA) is 98.0 Å². The van der Waals surface area contributed by atoms with E-state index in [9.17, 15) is 18.0 Å². The van der Waals surface area contributed by atoms with Gasteiger partial charge in [-0.1, -0.05) is 35.6 Å². The Morgan fingerprint density at radius 3 is 2.51 bits per heavy atom. The zero-order valence-electron chi connectivity index (χ0n) is 20.6. The molecule has 0 atom stereocenters. The van der Waals surface area contributed by atoms with Gasteiger partial charge in [-0.15, -0.1) is 0 Å². The number of fused-ring (bicyclic) bond motifs is 2. The number of carbonyl (C=O) groups excluding carboxylic acids is 2. The van der Waals surface area contributed by atoms with Crippen molar-refractivity contribution in [2.24, 2.45) is 4.99 Å². The second-order valence-corrected chi connectivity index (χ2v) is 11.7. The van der Waals surface area contributed by atoms with Crippen LogP contribution < -0.4 is 9.11 Å². The highest BCUT2D eigenvalue weighted by Gasteiger charge is 2.30. The Bertz CT molecular complexity index is 1720. The third-order valence-corrected chi connectivity index (χ3v) is 9.21. The molecule has 0 aliphatic carbocycles. The average Bonchev–Trinajstić information content (AvgIpc) is 3.46. The summed E-state index contributed by atoms with van der Waals surface area (Å²) in [5.74, 6) is -0.985. The van der Waals surface area contributed by atoms with Crippen LogP contribution >= 0.6 is 11.3 Å². The van der Waals surface area contributed by atoms with Gasteiger partial charge in [0.25, 0.3) is 15.9 Å². The van der Waals surface area contributed by atoms with Crippen LogP contribution in [0.5, 0.6) is 0 Å². The number of methoxy groups -OCH3 is 1. The lowest BCUT2D eigenvalue weighted by Crippen LogP contribution is -2.29. The van der Waals surface area contributed by atoms with E-state index in [-0.39, 0.29) is 17.0 Å². The monoisotopic (exact) mass is 535 g/mol. The molecule has 37 heavy (non-hydrogen) atoms. The van der Waals surface area contributed by atoms with Crippen LogP contribution in [0.15, 0.2) is 70.6 Å². The molecule has 2 heterocycles. The summed E-state index contributed by atoms with van der Waals surface area (Å²) in [6.07, 6.45) is 0.657. The smallest absolute Gasteiger partial charge is 0.325 e. The molecule has 0 spiro atoms. The van der Waals surface area contributed by atoms with Crippen LogP contribution in [0.25, 0.3) is 10.2 Å². The van der Waals surface area contributed by atoms with E-state index >= 15 is 0 Å². The number of hydrogen-bond acceptors (Lipinski definition) is 6. The van der Waals surface area contributed by atoms with Crippen molar-refractivity contribution in [3.63, 3.8) is 0 Å². The highest BCUT2D eigenvalue weighted by atomic mass is 32.2. The van der Waals surface area contributed by atoms with Gasteiger partial charge in [0.2, 0.25) is 0 Å². The van der Waals surface area contributed by atoms with Gasteiger partial charge in [0, 0.05) is 12.1 Å². The fourth-order valence-electron chi connectivity index (χ4n) is 4.62. The van der Waals surface area contributed by atoms with E-state index in [1.165, 1.54) is 47.0 Å². The number of rotatable bonds is 5. The van der Waals surface area contributed by atoms with Crippen LogP contribution in [0.1, 0.15) is 27.0 Å². The van der Waals surface area contributed by atoms with E-state index in [1.54, 1.807) is 10.6 Å². The first kappa shape index (κ1) is 24.9. The predicted octanol–water partition coefficient (Wildman–Crippen LogP) is 3.99. The standard InChI is InChI=1S/C27H25N3O5S2/c1-17-14-18(2)25-23(15-17)36-27(29(25)16-24(31)35-3)28-26(32)20-8-10-21(11-9-20)37(33,34)30-13-12-19-6-4-5-7-22(19)30/h4-11,14-15H,12-13,16H2,1-3H3. The lowest BCUT2D eigenvalue weighted by atomic mass is 10.1. The summed E-state index contributed by atoms with van der Waals surface area (Å²) < 4.78 is 35.4. The first-order chi connectivity index (χ1) is 17.7. The fourth-order valence-corrected chi connectivity index (χ4v) is 7.33. The second kappa shape index (κ2) is 9.60. The average molecular weight is 536 g/mol. The highest BCUT2D eigenvalue weighted by Crippen LogP contribution is 2.32. The number of para-hydroxylation sites is 1. The number of benzene rings is 3. The number of carbonyl (C=O) groups is 2. The molecule has 1 aromatic heterocycles. The van der Waals surface area contributed by atoms with Crippen LogP contribution in [0.2, 0.25) is 0 Å². The van der Waals surface area contributed by atoms with E-state index in [0.29, 0.717) is 23.5 Å². The normalized spacial score (nSPS) is 13.7. The molecule has 0 saturated heterocycles. The molecule has 4 aromatic rings. The minimum atomic E-state index is -3.76. The molecule has 8 nitrogen and oxygen atoms in total. The number of aromatic nitrogens is 1. The van der Waals surface area contributed by atoms with Crippen molar-refractivity contribution in [2.75, 3.05) is 18.0 Å². The molecule has 0 fully saturated rings. The number of thiazole rings is 1. The zero-order valence-corrected chi connectivity index (χ0v) is 22.2. The quantitative estimate of drug-likeness (QED) is 0.360. The molecular weight excluding hydrogens is 510 g/mol. The number of esters is 1. The van der Waals surface area contributed by atoms with Gasteiger partial charge in [-0.05, 0) is 73.4 Å². The molecule has 3 aromatic carbocycles. The van der Waals surface area contributed by atoms with E-state index < -0.39 is 21.9 Å². The lowest BCUT2D eigenvalue weighted by Gasteiger charge is -2.19. The molecule has 0 N–H and O–H groups in total. The lowest BCUT2D eigenvalue weighted by molar-refractivity contribution is -0.141. The van der Waals surface area contributed by atoms with Crippen LogP contribution in [0.4, 0.5) is 5.69 Å². The number of amides is 1. The van der Waals surface area contributed by atoms with Crippen molar-refractivity contribution in [2.45, 2.75) is 31.7 Å². The summed E-state index contributed by atoms with van der Waals surface area (Å²) in [5, 5.41) is 0. The molecule has 0 saturated carbocycles. The molecule has 5 rings (SSSR count). The number of sulfonamides is 1. The van der Waals surface area contributed by atoms with Gasteiger partial charge in [-0.3, -0.25) is 13.9 Å². The zero-order chi connectivity index (χ0) is 26.3. The van der Waals surface area contributed by atoms with Crippen LogP contribution in [-0.2, 0) is 32.5 Å². The van der Waals surface area contributed by atoms with Crippen LogP contribution in [0, 0.1) is 13.8 Å². The summed E-state index contributed by atoms with van der Waals surface area (Å²) >= 11 is 1.31. The Morgan fingerprint density at radius 1 is 1.05 bits per heavy atom. The summed E-state index contributed by atoms with van der Waals surface area (Å²) in [7, 11) is -2.45. The maximum Gasteiger partial charge on any atom is 0.325 e. The Balaban J connectivity index is 1.49. The van der Waals surface area contributed by atoms with Gasteiger partial charge < -0.3 is 9.30 Å². The first-order valence-electron chi connectivity index (χ1n) is 11.7. The summed E-state index contributed by atoms with van der Waals surface area (Å²) in [5.41, 5.74) is 4.76. The molecule has 0 radical (unpaired) electrons. The number of hydrogen-bond donors (Lipinski definition) is 0. The SMILES string of the molecule is COC(=O)Cn1c(=NC(=O)c2ccc(S(=O)(=O)N3CCc4ccccc43)cc2)sc2cc(C)cc(C)c21. The molecule has 0 unspecified atom stereocenters. The molecule has 1 aliphatic rings. The number of anilines is 1. The van der Waals surface area contributed by atoms with Crippen molar-refractivity contribution in [1.82, 2.24) is 4.57 Å². The van der Waals surface area contributed by atoms with Gasteiger partial charge in [0.1, 0.15) is 6.54 Å². The molecule has 1 amide bonds. The van der Waals surface area contributed by atoms with Gasteiger partial charge >= 0.3 is 5.97 Å². The van der Waals surface area contributed by atoms with Crippen molar-refractivity contribution in [3.05, 3.63) is 87.7 Å². The Labute approximate surface area is 218 Å². The van der Waals surface area contributed by atoms with Crippen molar-refractivity contribution >= 4 is 49.1 Å². The van der Waals surface area contributed by atoms with Gasteiger partial charge in [0.05, 0.1) is 27.9 Å². The van der Waals surface area contributed by atoms with E-state index in [1.807, 2.05) is 44.2 Å². The Kier molecular flexibility index (Phi) is 6.47. The molecule has 0 bridgehead atoms. The minimum Gasteiger partial charge on any atom is -0.468 e. The van der Waals surface area contributed by atoms with Crippen molar-refractivity contribution < 1.29 is 22.7 Å². The van der Waals surface area contributed by atoms with Gasteiger partial charge in [-0.2, -0.15) is 4.99 Å². The minimum absolute atomic E-state index is 0.0823. The van der Waals surface area contributed by atoms with E-state index in [4.69, 9.17) is 4.74 Å². The fraction of sp³-hybridized carbons (Fsp3) is 0.222. The maximum atomic E-state index is 13.3. The van der Waals surface area contributed by atoms with Gasteiger partial charge in [0.15, 0.2) is 4.80 Å². The van der Waals surface area contributed by atoms with Crippen molar-refractivity contribution in [3.8, 4) is 0 Å². The highest BCUT2D eigenvalue weighted by molar-refractivity contribution is 7.92. The van der Waals surface area contributed by atoms with E-state index in [0.717, 1.165) is 26.9 Å². The molecule has 190 valence electrons. The predicted molar refractivity (Wildman–Crippen MR) is 142 cm³/mol. The largest absolute Gasteiger partial charge is 0.468 e. The molecule has 10 heteroatoms. The van der Waals surface area contributed by atoms with Crippen molar-refractivity contribution in [1.29, 1.82) is 0 Å². The number of nitrogens with zero attached hydrogens (tertiary/aromatic N) is 3. The van der Waals surface area contributed by atoms with Gasteiger partial charge in [-0.25, -0.2) is 8.42 Å². The number of ether oxygens (including phenoxy) is 1. The van der Waals surface area contributed by atoms with Crippen LogP contribution in [0.3, 0.4) is 0 Å². The first-order valence-corrected chi connectivity index (χ1v) is 13.9. The summed E-state index contributed by atoms with van der Waals surface area (Å²) in [6, 6.07) is 17.2. The summed E-state index contributed by atoms with van der Waals surface area (Å²) in [4.78, 5) is 30.0. The molecular formula is C27H25N3O5S2. The van der Waals surface area contributed by atoms with E-state index in [2.05, 4.69) is 4.99 Å². The second-order valence-electron chi connectivity index (χ2n) is 8.87. The maximum absolute atomic E-state index is 13.3. The summed E-state index contributed by atoms with van der Waals surface area (Å²) in [6.45, 7) is 4.22. The Morgan fingerprint density at radius 2 is 1.78 bits per heavy atom. The van der Waals surface area contributed by atoms with Crippen LogP contribution in [-0.4, -0.2) is 38.5 Å². The number of aryl methyl sites for hydroxylation is 2. The third-order valence-electron chi connectivity index (χ3n) is 6.36. The molecule has 1 aliphatic heterocycles. The third kappa shape index (κ3) is 4.58.